The number of aromatic nitrogens is 1. The molecular formula is C20H29N3O6S. The molecule has 1 amide bonds. The molecular weight excluding hydrogens is 410 g/mol. The van der Waals surface area contributed by atoms with Crippen molar-refractivity contribution in [2.45, 2.75) is 40.2 Å². The van der Waals surface area contributed by atoms with Gasteiger partial charge in [-0.05, 0) is 30.5 Å². The Balaban J connectivity index is 2.90. The normalized spacial score (nSPS) is 11.7. The highest BCUT2D eigenvalue weighted by Gasteiger charge is 2.25. The number of unbranched alkanes of at least 4 members (excludes halogenated alkanes) is 1. The molecule has 9 nitrogen and oxygen atoms in total. The number of rotatable bonds is 9. The summed E-state index contributed by atoms with van der Waals surface area (Å²) in [5, 5.41) is 10.3. The van der Waals surface area contributed by atoms with Gasteiger partial charge in [0.05, 0.1) is 18.2 Å². The van der Waals surface area contributed by atoms with E-state index in [1.54, 1.807) is 0 Å². The monoisotopic (exact) mass is 439 g/mol. The Labute approximate surface area is 176 Å². The van der Waals surface area contributed by atoms with Crippen molar-refractivity contribution in [3.05, 3.63) is 28.6 Å². The van der Waals surface area contributed by atoms with E-state index in [4.69, 9.17) is 4.74 Å². The number of carbonyl (C=O) groups is 1. The predicted molar refractivity (Wildman–Crippen MR) is 118 cm³/mol. The van der Waals surface area contributed by atoms with Gasteiger partial charge in [-0.25, -0.2) is 13.2 Å². The van der Waals surface area contributed by atoms with Crippen molar-refractivity contribution < 1.29 is 23.1 Å². The maximum absolute atomic E-state index is 13.2. The number of fused-ring (bicyclic) bond motifs is 1. The fourth-order valence-corrected chi connectivity index (χ4v) is 3.66. The Kier molecular flexibility index (Phi) is 7.35. The summed E-state index contributed by atoms with van der Waals surface area (Å²) in [6.45, 7) is 6.49. The summed E-state index contributed by atoms with van der Waals surface area (Å²) in [5.41, 5.74) is -0.106. The Morgan fingerprint density at radius 3 is 2.50 bits per heavy atom. The summed E-state index contributed by atoms with van der Waals surface area (Å²) in [4.78, 5) is 26.0. The molecule has 1 aromatic heterocycles. The average molecular weight is 440 g/mol. The predicted octanol–water partition coefficient (Wildman–Crippen LogP) is 3.32. The van der Waals surface area contributed by atoms with Gasteiger partial charge >= 0.3 is 6.09 Å². The van der Waals surface area contributed by atoms with Gasteiger partial charge in [0.1, 0.15) is 0 Å². The molecule has 0 aliphatic rings. The molecule has 0 spiro atoms. The Morgan fingerprint density at radius 2 is 1.97 bits per heavy atom. The van der Waals surface area contributed by atoms with Gasteiger partial charge in [0.15, 0.2) is 11.6 Å². The molecule has 0 atom stereocenters. The van der Waals surface area contributed by atoms with Gasteiger partial charge in [-0.2, -0.15) is 0 Å². The number of anilines is 2. The zero-order chi connectivity index (χ0) is 22.6. The van der Waals surface area contributed by atoms with E-state index in [-0.39, 0.29) is 28.7 Å². The van der Waals surface area contributed by atoms with Crippen LogP contribution in [0.15, 0.2) is 23.0 Å². The van der Waals surface area contributed by atoms with E-state index in [9.17, 15) is 23.1 Å². The number of carboxylic acid groups (broad SMARTS) is 1. The van der Waals surface area contributed by atoms with E-state index < -0.39 is 16.1 Å². The van der Waals surface area contributed by atoms with Crippen molar-refractivity contribution >= 4 is 38.4 Å². The molecule has 2 N–H and O–H groups in total. The molecule has 2 aromatic rings. The Bertz CT molecular complexity index is 1090. The van der Waals surface area contributed by atoms with Crippen LogP contribution in [0.1, 0.15) is 33.6 Å². The summed E-state index contributed by atoms with van der Waals surface area (Å²) in [6, 6.07) is 4.53. The zero-order valence-corrected chi connectivity index (χ0v) is 18.7. The lowest BCUT2D eigenvalue weighted by Crippen LogP contribution is -2.34. The van der Waals surface area contributed by atoms with Crippen LogP contribution >= 0.6 is 0 Å². The second-order valence-electron chi connectivity index (χ2n) is 7.64. The highest BCUT2D eigenvalue weighted by atomic mass is 32.2. The molecule has 2 rings (SSSR count). The van der Waals surface area contributed by atoms with E-state index >= 15 is 0 Å². The van der Waals surface area contributed by atoms with Gasteiger partial charge in [0.2, 0.25) is 10.0 Å². The highest BCUT2D eigenvalue weighted by molar-refractivity contribution is 7.92. The first-order chi connectivity index (χ1) is 14.0. The molecule has 30 heavy (non-hydrogen) atoms. The maximum atomic E-state index is 13.2. The van der Waals surface area contributed by atoms with Crippen LogP contribution in [-0.4, -0.2) is 44.1 Å². The number of hydrogen-bond acceptors (Lipinski definition) is 5. The number of ether oxygens (including phenoxy) is 1. The van der Waals surface area contributed by atoms with E-state index in [2.05, 4.69) is 4.72 Å². The van der Waals surface area contributed by atoms with Crippen molar-refractivity contribution in [3.63, 3.8) is 0 Å². The number of benzene rings is 1. The number of pyridine rings is 1. The average Bonchev–Trinajstić information content (AvgIpc) is 2.63. The van der Waals surface area contributed by atoms with Crippen molar-refractivity contribution in [1.82, 2.24) is 4.57 Å². The van der Waals surface area contributed by atoms with Crippen LogP contribution in [-0.2, 0) is 16.6 Å². The minimum absolute atomic E-state index is 0.0794. The largest absolute Gasteiger partial charge is 0.489 e. The summed E-state index contributed by atoms with van der Waals surface area (Å²) >= 11 is 0. The van der Waals surface area contributed by atoms with Gasteiger partial charge in [0, 0.05) is 24.7 Å². The van der Waals surface area contributed by atoms with E-state index in [1.165, 1.54) is 29.8 Å². The molecule has 10 heteroatoms. The summed E-state index contributed by atoms with van der Waals surface area (Å²) in [7, 11) is -2.18. The lowest BCUT2D eigenvalue weighted by atomic mass is 10.1. The standard InChI is InChI=1S/C20H29N3O6S/c1-6-7-10-29-17-16-11-14(21-30(5,27)28)8-9-15(16)19(24)23(12-13(2)3)18(17)22(4)20(25)26/h8-9,11,13,21H,6-7,10,12H2,1-5H3,(H,25,26). The highest BCUT2D eigenvalue weighted by Crippen LogP contribution is 2.36. The van der Waals surface area contributed by atoms with Crippen LogP contribution in [0.4, 0.5) is 16.3 Å². The number of nitrogens with one attached hydrogen (secondary N) is 1. The molecule has 0 aliphatic carbocycles. The summed E-state index contributed by atoms with van der Waals surface area (Å²) < 4.78 is 33.1. The third-order valence-electron chi connectivity index (χ3n) is 4.40. The molecule has 0 saturated carbocycles. The minimum Gasteiger partial charge on any atom is -0.489 e. The Hall–Kier alpha value is -2.75. The van der Waals surface area contributed by atoms with Crippen molar-refractivity contribution in [2.24, 2.45) is 5.92 Å². The van der Waals surface area contributed by atoms with Gasteiger partial charge < -0.3 is 9.84 Å². The lowest BCUT2D eigenvalue weighted by Gasteiger charge is -2.25. The maximum Gasteiger partial charge on any atom is 0.412 e. The lowest BCUT2D eigenvalue weighted by molar-refractivity contribution is 0.202. The second-order valence-corrected chi connectivity index (χ2v) is 9.39. The van der Waals surface area contributed by atoms with E-state index in [1.807, 2.05) is 20.8 Å². The molecule has 0 radical (unpaired) electrons. The number of hydrogen-bond donors (Lipinski definition) is 2. The van der Waals surface area contributed by atoms with Crippen LogP contribution in [0.25, 0.3) is 10.8 Å². The third kappa shape index (κ3) is 5.44. The summed E-state index contributed by atoms with van der Waals surface area (Å²) in [6.07, 6.45) is 1.40. The van der Waals surface area contributed by atoms with Crippen LogP contribution in [0, 0.1) is 5.92 Å². The van der Waals surface area contributed by atoms with Gasteiger partial charge in [-0.1, -0.05) is 27.2 Å². The number of nitrogens with zero attached hydrogens (tertiary/aromatic N) is 2. The minimum atomic E-state index is -3.53. The SMILES string of the molecule is CCCCOc1c(N(C)C(=O)O)n(CC(C)C)c(=O)c2ccc(NS(C)(=O)=O)cc12. The van der Waals surface area contributed by atoms with Crippen LogP contribution in [0.5, 0.6) is 5.75 Å². The summed E-state index contributed by atoms with van der Waals surface area (Å²) in [5.74, 6) is 0.442. The van der Waals surface area contributed by atoms with Gasteiger partial charge in [-0.15, -0.1) is 0 Å². The molecule has 0 saturated heterocycles. The van der Waals surface area contributed by atoms with E-state index in [0.717, 1.165) is 24.0 Å². The first kappa shape index (κ1) is 23.5. The van der Waals surface area contributed by atoms with Crippen molar-refractivity contribution in [3.8, 4) is 5.75 Å². The van der Waals surface area contributed by atoms with Gasteiger partial charge in [-0.3, -0.25) is 19.0 Å². The Morgan fingerprint density at radius 1 is 1.30 bits per heavy atom. The first-order valence-electron chi connectivity index (χ1n) is 9.74. The van der Waals surface area contributed by atoms with Crippen LogP contribution in [0.3, 0.4) is 0 Å². The second kappa shape index (κ2) is 9.38. The fraction of sp³-hybridized carbons (Fsp3) is 0.500. The molecule has 1 heterocycles. The quantitative estimate of drug-likeness (QED) is 0.579. The van der Waals surface area contributed by atoms with E-state index in [0.29, 0.717) is 23.9 Å². The smallest absolute Gasteiger partial charge is 0.412 e. The molecule has 1 aromatic carbocycles. The molecule has 166 valence electrons. The van der Waals surface area contributed by atoms with Crippen molar-refractivity contribution in [1.29, 1.82) is 0 Å². The number of sulfonamides is 1. The third-order valence-corrected chi connectivity index (χ3v) is 5.00. The molecule has 0 bridgehead atoms. The van der Waals surface area contributed by atoms with Crippen LogP contribution in [0.2, 0.25) is 0 Å². The van der Waals surface area contributed by atoms with Gasteiger partial charge in [0.25, 0.3) is 5.56 Å². The number of amides is 1. The van der Waals surface area contributed by atoms with Crippen LogP contribution < -0.4 is 19.9 Å². The zero-order valence-electron chi connectivity index (χ0n) is 17.9. The molecule has 0 unspecified atom stereocenters. The fourth-order valence-electron chi connectivity index (χ4n) is 3.10. The molecule has 0 aliphatic heterocycles. The topological polar surface area (TPSA) is 118 Å². The molecule has 0 fully saturated rings. The van der Waals surface area contributed by atoms with Crippen molar-refractivity contribution in [2.75, 3.05) is 29.5 Å². The first-order valence-corrected chi connectivity index (χ1v) is 11.6.